The summed E-state index contributed by atoms with van der Waals surface area (Å²) >= 11 is 3.42. The summed E-state index contributed by atoms with van der Waals surface area (Å²) in [5, 5.41) is 10.0. The first kappa shape index (κ1) is 18.8. The first-order valence-electron chi connectivity index (χ1n) is 8.42. The number of rotatable bonds is 3. The van der Waals surface area contributed by atoms with Crippen LogP contribution in [0.5, 0.6) is 5.75 Å². The van der Waals surface area contributed by atoms with Crippen molar-refractivity contribution >= 4 is 38.6 Å². The molecule has 3 aromatic rings. The molecule has 0 aliphatic heterocycles. The molecule has 28 heavy (non-hydrogen) atoms. The van der Waals surface area contributed by atoms with Crippen LogP contribution in [0, 0.1) is 0 Å². The molecule has 2 atom stereocenters. The highest BCUT2D eigenvalue weighted by Crippen LogP contribution is 2.43. The van der Waals surface area contributed by atoms with Gasteiger partial charge in [-0.15, -0.1) is 0 Å². The van der Waals surface area contributed by atoms with Crippen LogP contribution in [0.4, 0.5) is 24.9 Å². The van der Waals surface area contributed by atoms with Crippen LogP contribution in [-0.2, 0) is 6.42 Å². The number of aromatic amines is 1. The normalized spacial score (nSPS) is 19.5. The fourth-order valence-corrected chi connectivity index (χ4v) is 4.03. The Balaban J connectivity index is 1.66. The van der Waals surface area contributed by atoms with Gasteiger partial charge < -0.3 is 15.8 Å². The largest absolute Gasteiger partial charge is 0.497 e. The number of fused-ring (bicyclic) bond motifs is 2. The highest BCUT2D eigenvalue weighted by molar-refractivity contribution is 9.10. The Morgan fingerprint density at radius 3 is 2.82 bits per heavy atom. The Hall–Kier alpha value is -2.56. The maximum Gasteiger partial charge on any atom is 0.395 e. The molecule has 0 radical (unpaired) electrons. The van der Waals surface area contributed by atoms with Crippen molar-refractivity contribution in [3.05, 3.63) is 34.1 Å². The molecule has 7 nitrogen and oxygen atoms in total. The summed E-state index contributed by atoms with van der Waals surface area (Å²) in [5.41, 5.74) is 7.25. The molecule has 1 aliphatic rings. The molecule has 0 saturated heterocycles. The van der Waals surface area contributed by atoms with E-state index in [1.165, 1.54) is 13.3 Å². The number of H-pyrrole nitrogens is 1. The molecular weight excluding hydrogens is 441 g/mol. The summed E-state index contributed by atoms with van der Waals surface area (Å²) in [4.78, 5) is 8.64. The summed E-state index contributed by atoms with van der Waals surface area (Å²) in [7, 11) is 1.53. The van der Waals surface area contributed by atoms with Crippen LogP contribution in [0.25, 0.3) is 10.9 Å². The molecular formula is C17H16BrF3N6O. The average molecular weight is 457 g/mol. The summed E-state index contributed by atoms with van der Waals surface area (Å²) in [5.74, 6) is -0.633. The minimum atomic E-state index is -4.36. The number of benzene rings is 1. The van der Waals surface area contributed by atoms with E-state index in [1.54, 1.807) is 12.1 Å². The lowest BCUT2D eigenvalue weighted by atomic mass is 9.83. The summed E-state index contributed by atoms with van der Waals surface area (Å²) < 4.78 is 46.3. The van der Waals surface area contributed by atoms with E-state index >= 15 is 0 Å². The number of methoxy groups -OCH3 is 1. The third-order valence-electron chi connectivity index (χ3n) is 4.82. The van der Waals surface area contributed by atoms with E-state index in [2.05, 4.69) is 41.4 Å². The Morgan fingerprint density at radius 2 is 2.11 bits per heavy atom. The number of nitrogens with zero attached hydrogens (tertiary/aromatic N) is 3. The molecule has 2 unspecified atom stereocenters. The Labute approximate surface area is 166 Å². The van der Waals surface area contributed by atoms with Crippen molar-refractivity contribution in [1.29, 1.82) is 0 Å². The molecule has 1 aromatic carbocycles. The lowest BCUT2D eigenvalue weighted by Crippen LogP contribution is -2.35. The number of nitrogens with two attached hydrogens (primary N) is 1. The third kappa shape index (κ3) is 3.34. The van der Waals surface area contributed by atoms with E-state index in [0.717, 1.165) is 0 Å². The second kappa shape index (κ2) is 6.80. The molecule has 4 N–H and O–H groups in total. The molecule has 1 aliphatic carbocycles. The monoisotopic (exact) mass is 456 g/mol. The molecule has 0 saturated carbocycles. The topological polar surface area (TPSA) is 102 Å². The van der Waals surface area contributed by atoms with Gasteiger partial charge in [0.25, 0.3) is 0 Å². The number of aromatic nitrogens is 4. The molecule has 11 heteroatoms. The van der Waals surface area contributed by atoms with Crippen molar-refractivity contribution in [2.24, 2.45) is 0 Å². The lowest BCUT2D eigenvalue weighted by molar-refractivity contribution is -0.153. The Bertz CT molecular complexity index is 1040. The van der Waals surface area contributed by atoms with Crippen molar-refractivity contribution < 1.29 is 17.9 Å². The molecule has 0 amide bonds. The van der Waals surface area contributed by atoms with Crippen LogP contribution >= 0.6 is 15.9 Å². The summed E-state index contributed by atoms with van der Waals surface area (Å²) in [6.45, 7) is 0. The van der Waals surface area contributed by atoms with Gasteiger partial charge in [-0.3, -0.25) is 5.10 Å². The van der Waals surface area contributed by atoms with E-state index < -0.39 is 18.1 Å². The number of alkyl halides is 3. The summed E-state index contributed by atoms with van der Waals surface area (Å²) in [6, 6.07) is 2.92. The number of anilines is 2. The van der Waals surface area contributed by atoms with Crippen LogP contribution in [0.15, 0.2) is 22.8 Å². The summed E-state index contributed by atoms with van der Waals surface area (Å²) in [6.07, 6.45) is -2.89. The van der Waals surface area contributed by atoms with Gasteiger partial charge >= 0.3 is 6.18 Å². The number of nitrogens with one attached hydrogen (secondary N) is 2. The van der Waals surface area contributed by atoms with Crippen molar-refractivity contribution in [3.63, 3.8) is 0 Å². The lowest BCUT2D eigenvalue weighted by Gasteiger charge is -2.30. The van der Waals surface area contributed by atoms with E-state index in [0.29, 0.717) is 33.2 Å². The standard InChI is InChI=1S/C17H16BrF3N6O/c1-28-8-4-9-14(12(18)5-8)25-16(26-15(9)22)24-7-2-11(17(19,20)21)10-6-23-27-13(10)3-7/h4-7,11H,2-3H2,1H3,(H,23,27)(H3,22,24,25,26). The van der Waals surface area contributed by atoms with E-state index in [-0.39, 0.29) is 23.8 Å². The van der Waals surface area contributed by atoms with Gasteiger partial charge in [0, 0.05) is 33.6 Å². The maximum absolute atomic E-state index is 13.5. The molecule has 0 bridgehead atoms. The molecule has 4 rings (SSSR count). The van der Waals surface area contributed by atoms with Crippen molar-refractivity contribution in [3.8, 4) is 5.75 Å². The minimum absolute atomic E-state index is 0.138. The number of hydrogen-bond donors (Lipinski definition) is 3. The molecule has 2 aromatic heterocycles. The van der Waals surface area contributed by atoms with Crippen molar-refractivity contribution in [1.82, 2.24) is 20.2 Å². The fraction of sp³-hybridized carbons (Fsp3) is 0.353. The highest BCUT2D eigenvalue weighted by Gasteiger charge is 2.46. The zero-order valence-electron chi connectivity index (χ0n) is 14.6. The Morgan fingerprint density at radius 1 is 1.32 bits per heavy atom. The fourth-order valence-electron chi connectivity index (χ4n) is 3.50. The van der Waals surface area contributed by atoms with E-state index in [1.807, 2.05) is 0 Å². The molecule has 148 valence electrons. The SMILES string of the molecule is COc1cc(Br)c2nc(NC3Cc4[nH]ncc4C(C(F)(F)F)C3)nc(N)c2c1. The predicted octanol–water partition coefficient (Wildman–Crippen LogP) is 3.78. The van der Waals surface area contributed by atoms with Crippen molar-refractivity contribution in [2.45, 2.75) is 31.0 Å². The van der Waals surface area contributed by atoms with Gasteiger partial charge in [-0.25, -0.2) is 4.98 Å². The number of ether oxygens (including phenoxy) is 1. The van der Waals surface area contributed by atoms with Gasteiger partial charge in [0.05, 0.1) is 24.7 Å². The second-order valence-corrected chi connectivity index (χ2v) is 7.47. The van der Waals surface area contributed by atoms with Crippen LogP contribution in [-0.4, -0.2) is 39.5 Å². The van der Waals surface area contributed by atoms with Gasteiger partial charge in [0.15, 0.2) is 0 Å². The van der Waals surface area contributed by atoms with Crippen LogP contribution < -0.4 is 15.8 Å². The first-order chi connectivity index (χ1) is 13.3. The van der Waals surface area contributed by atoms with E-state index in [9.17, 15) is 13.2 Å². The molecule has 0 fully saturated rings. The second-order valence-electron chi connectivity index (χ2n) is 6.62. The average Bonchev–Trinajstić information content (AvgIpc) is 3.09. The molecule has 2 heterocycles. The third-order valence-corrected chi connectivity index (χ3v) is 5.42. The van der Waals surface area contributed by atoms with Crippen LogP contribution in [0.3, 0.4) is 0 Å². The van der Waals surface area contributed by atoms with Gasteiger partial charge in [0.1, 0.15) is 11.6 Å². The zero-order valence-corrected chi connectivity index (χ0v) is 16.2. The number of halogens is 4. The number of nitrogen functional groups attached to an aromatic ring is 1. The van der Waals surface area contributed by atoms with Crippen molar-refractivity contribution in [2.75, 3.05) is 18.2 Å². The van der Waals surface area contributed by atoms with Crippen LogP contribution in [0.1, 0.15) is 23.6 Å². The van der Waals surface area contributed by atoms with Crippen LogP contribution in [0.2, 0.25) is 0 Å². The minimum Gasteiger partial charge on any atom is -0.497 e. The van der Waals surface area contributed by atoms with E-state index in [4.69, 9.17) is 10.5 Å². The molecule has 0 spiro atoms. The predicted molar refractivity (Wildman–Crippen MR) is 101 cm³/mol. The smallest absolute Gasteiger partial charge is 0.395 e. The first-order valence-corrected chi connectivity index (χ1v) is 9.21. The van der Waals surface area contributed by atoms with Gasteiger partial charge in [0.2, 0.25) is 5.95 Å². The van der Waals surface area contributed by atoms with Gasteiger partial charge in [-0.2, -0.15) is 23.3 Å². The van der Waals surface area contributed by atoms with Gasteiger partial charge in [-0.1, -0.05) is 0 Å². The van der Waals surface area contributed by atoms with Gasteiger partial charge in [-0.05, 0) is 34.5 Å². The zero-order chi connectivity index (χ0) is 20.1. The maximum atomic E-state index is 13.5. The number of hydrogen-bond acceptors (Lipinski definition) is 6. The highest BCUT2D eigenvalue weighted by atomic mass is 79.9. The Kier molecular flexibility index (Phi) is 4.56. The quantitative estimate of drug-likeness (QED) is 0.554.